The Morgan fingerprint density at radius 3 is 2.66 bits per heavy atom. The molecule has 2 atom stereocenters. The number of halogens is 3. The van der Waals surface area contributed by atoms with E-state index in [0.717, 1.165) is 30.3 Å². The lowest BCUT2D eigenvalue weighted by Gasteiger charge is -2.47. The lowest BCUT2D eigenvalue weighted by Crippen LogP contribution is -2.55. The van der Waals surface area contributed by atoms with Gasteiger partial charge in [-0.25, -0.2) is 0 Å². The van der Waals surface area contributed by atoms with Crippen molar-refractivity contribution < 1.29 is 22.4 Å². The van der Waals surface area contributed by atoms with E-state index >= 15 is 0 Å². The van der Waals surface area contributed by atoms with Crippen molar-refractivity contribution in [3.63, 3.8) is 0 Å². The second-order valence-electron chi connectivity index (χ2n) is 9.71. The van der Waals surface area contributed by atoms with Crippen LogP contribution in [-0.4, -0.2) is 62.3 Å². The number of para-hydroxylation sites is 1. The summed E-state index contributed by atoms with van der Waals surface area (Å²) in [5, 5.41) is 10.2. The molecular weight excluding hydrogens is 463 g/mol. The third-order valence-corrected chi connectivity index (χ3v) is 7.60. The molecule has 2 saturated heterocycles. The molecule has 2 bridgehead atoms. The van der Waals surface area contributed by atoms with Crippen LogP contribution in [0, 0.1) is 0 Å². The van der Waals surface area contributed by atoms with Gasteiger partial charge in [0.05, 0.1) is 12.1 Å². The summed E-state index contributed by atoms with van der Waals surface area (Å²) in [5.74, 6) is -0.991. The Kier molecular flexibility index (Phi) is 5.24. The number of aromatic nitrogens is 4. The summed E-state index contributed by atoms with van der Waals surface area (Å²) in [6.07, 6.45) is 0.886. The molecule has 0 radical (unpaired) electrons. The van der Waals surface area contributed by atoms with Gasteiger partial charge in [-0.2, -0.15) is 18.2 Å². The molecular formula is C23H26F3N7O2. The van der Waals surface area contributed by atoms with Gasteiger partial charge in [-0.1, -0.05) is 12.5 Å². The first-order chi connectivity index (χ1) is 16.8. The minimum absolute atomic E-state index is 0.0572. The highest BCUT2D eigenvalue weighted by atomic mass is 19.4. The zero-order valence-corrected chi connectivity index (χ0v) is 19.3. The predicted octanol–water partition coefficient (Wildman–Crippen LogP) is 3.20. The normalized spacial score (nSPS) is 25.0. The minimum Gasteiger partial charge on any atom is -0.423 e. The van der Waals surface area contributed by atoms with Crippen LogP contribution in [0.25, 0.3) is 11.1 Å². The van der Waals surface area contributed by atoms with Crippen molar-refractivity contribution in [3.8, 4) is 0 Å². The Morgan fingerprint density at radius 1 is 1.14 bits per heavy atom. The average Bonchev–Trinajstić information content (AvgIpc) is 3.43. The summed E-state index contributed by atoms with van der Waals surface area (Å²) in [4.78, 5) is 21.9. The fourth-order valence-corrected chi connectivity index (χ4v) is 5.78. The molecule has 1 aromatic carbocycles. The van der Waals surface area contributed by atoms with Gasteiger partial charge < -0.3 is 24.1 Å². The highest BCUT2D eigenvalue weighted by molar-refractivity contribution is 6.04. The number of hydrogen-bond acceptors (Lipinski definition) is 7. The Labute approximate surface area is 199 Å². The number of rotatable bonds is 3. The highest BCUT2D eigenvalue weighted by Gasteiger charge is 2.40. The molecule has 12 heteroatoms. The van der Waals surface area contributed by atoms with E-state index in [4.69, 9.17) is 4.42 Å². The van der Waals surface area contributed by atoms with Crippen LogP contribution in [0.4, 0.5) is 19.2 Å². The third-order valence-electron chi connectivity index (χ3n) is 7.60. The van der Waals surface area contributed by atoms with Crippen LogP contribution >= 0.6 is 0 Å². The molecule has 6 rings (SSSR count). The molecule has 3 aliphatic heterocycles. The van der Waals surface area contributed by atoms with E-state index in [2.05, 4.69) is 32.4 Å². The van der Waals surface area contributed by atoms with Gasteiger partial charge >= 0.3 is 6.18 Å². The van der Waals surface area contributed by atoms with Gasteiger partial charge in [-0.05, 0) is 44.9 Å². The molecule has 0 spiro atoms. The summed E-state index contributed by atoms with van der Waals surface area (Å²) in [7, 11) is 2.18. The summed E-state index contributed by atoms with van der Waals surface area (Å²) in [5.41, 5.74) is 1.33. The van der Waals surface area contributed by atoms with E-state index in [9.17, 15) is 18.0 Å². The SMILES string of the molecule is CN1C2CCCC1CC(NC(=O)c1cccc3oc(N4CCn5c(nnc5C(F)(F)F)C4)nc13)C2. The molecule has 2 fully saturated rings. The number of amides is 1. The van der Waals surface area contributed by atoms with Crippen LogP contribution in [0.2, 0.25) is 0 Å². The van der Waals surface area contributed by atoms with Crippen LogP contribution in [-0.2, 0) is 19.3 Å². The molecule has 2 aromatic heterocycles. The van der Waals surface area contributed by atoms with Crippen LogP contribution < -0.4 is 10.2 Å². The summed E-state index contributed by atoms with van der Waals surface area (Å²) < 4.78 is 46.4. The van der Waals surface area contributed by atoms with Crippen molar-refractivity contribution in [2.75, 3.05) is 18.5 Å². The number of oxazole rings is 1. The van der Waals surface area contributed by atoms with E-state index in [1.165, 1.54) is 6.42 Å². The smallest absolute Gasteiger partial charge is 0.423 e. The van der Waals surface area contributed by atoms with Gasteiger partial charge in [0.15, 0.2) is 11.4 Å². The third kappa shape index (κ3) is 3.93. The summed E-state index contributed by atoms with van der Waals surface area (Å²) >= 11 is 0. The van der Waals surface area contributed by atoms with E-state index in [1.807, 2.05) is 0 Å². The second-order valence-corrected chi connectivity index (χ2v) is 9.71. The van der Waals surface area contributed by atoms with Crippen LogP contribution in [0.5, 0.6) is 0 Å². The molecule has 5 heterocycles. The van der Waals surface area contributed by atoms with Gasteiger partial charge in [0.1, 0.15) is 5.52 Å². The van der Waals surface area contributed by atoms with Crippen LogP contribution in [0.15, 0.2) is 22.6 Å². The Balaban J connectivity index is 1.21. The molecule has 35 heavy (non-hydrogen) atoms. The first kappa shape index (κ1) is 22.3. The van der Waals surface area contributed by atoms with Gasteiger partial charge in [-0.3, -0.25) is 4.79 Å². The number of carbonyl (C=O) groups excluding carboxylic acids is 1. The number of carbonyl (C=O) groups is 1. The number of alkyl halides is 3. The molecule has 0 saturated carbocycles. The largest absolute Gasteiger partial charge is 0.451 e. The highest BCUT2D eigenvalue weighted by Crippen LogP contribution is 2.34. The molecule has 9 nitrogen and oxygen atoms in total. The van der Waals surface area contributed by atoms with Crippen molar-refractivity contribution in [1.29, 1.82) is 0 Å². The molecule has 3 aliphatic rings. The van der Waals surface area contributed by atoms with Gasteiger partial charge in [0.25, 0.3) is 11.9 Å². The number of nitrogens with zero attached hydrogens (tertiary/aromatic N) is 6. The quantitative estimate of drug-likeness (QED) is 0.604. The number of anilines is 1. The van der Waals surface area contributed by atoms with E-state index < -0.39 is 12.0 Å². The number of benzene rings is 1. The summed E-state index contributed by atoms with van der Waals surface area (Å²) in [6, 6.07) is 6.57. The fourth-order valence-electron chi connectivity index (χ4n) is 5.78. The van der Waals surface area contributed by atoms with Gasteiger partial charge in [0, 0.05) is 31.2 Å². The maximum atomic E-state index is 13.2. The first-order valence-corrected chi connectivity index (χ1v) is 11.9. The summed E-state index contributed by atoms with van der Waals surface area (Å²) in [6.45, 7) is 0.387. The first-order valence-electron chi connectivity index (χ1n) is 11.9. The molecule has 1 N–H and O–H groups in total. The molecule has 186 valence electrons. The van der Waals surface area contributed by atoms with Crippen molar-refractivity contribution >= 4 is 23.0 Å². The van der Waals surface area contributed by atoms with Crippen molar-refractivity contribution in [3.05, 3.63) is 35.4 Å². The number of nitrogens with one attached hydrogen (secondary N) is 1. The van der Waals surface area contributed by atoms with Gasteiger partial charge in [0.2, 0.25) is 5.82 Å². The van der Waals surface area contributed by atoms with Crippen molar-refractivity contribution in [2.24, 2.45) is 0 Å². The minimum atomic E-state index is -4.56. The maximum absolute atomic E-state index is 13.2. The molecule has 2 unspecified atom stereocenters. The van der Waals surface area contributed by atoms with Crippen LogP contribution in [0.3, 0.4) is 0 Å². The Morgan fingerprint density at radius 2 is 1.91 bits per heavy atom. The second kappa shape index (κ2) is 8.21. The fraction of sp³-hybridized carbons (Fsp3) is 0.565. The van der Waals surface area contributed by atoms with Crippen LogP contribution in [0.1, 0.15) is 54.1 Å². The van der Waals surface area contributed by atoms with Crippen molar-refractivity contribution in [2.45, 2.75) is 69.5 Å². The standard InChI is InChI=1S/C23H26F3N7O2/c1-31-14-4-2-5-15(31)11-13(10-14)27-20(34)16-6-3-7-17-19(16)28-22(35-17)32-8-9-33-18(12-32)29-30-21(33)23(24,25)26/h3,6-7,13-15H,2,4-5,8-12H2,1H3,(H,27,34). The maximum Gasteiger partial charge on any atom is 0.451 e. The van der Waals surface area contributed by atoms with Crippen molar-refractivity contribution in [1.82, 2.24) is 30.0 Å². The zero-order chi connectivity index (χ0) is 24.3. The number of fused-ring (bicyclic) bond motifs is 4. The molecule has 3 aromatic rings. The predicted molar refractivity (Wildman–Crippen MR) is 120 cm³/mol. The van der Waals surface area contributed by atoms with Gasteiger partial charge in [-0.15, -0.1) is 10.2 Å². The van der Waals surface area contributed by atoms with E-state index in [-0.39, 0.29) is 43.4 Å². The Hall–Kier alpha value is -3.15. The van der Waals surface area contributed by atoms with E-state index in [0.29, 0.717) is 28.7 Å². The average molecular weight is 490 g/mol. The number of hydrogen-bond donors (Lipinski definition) is 1. The van der Waals surface area contributed by atoms with E-state index in [1.54, 1.807) is 23.1 Å². The topological polar surface area (TPSA) is 92.3 Å². The molecule has 0 aliphatic carbocycles. The Bertz CT molecular complexity index is 1260. The number of piperidine rings is 2. The lowest BCUT2D eigenvalue weighted by atomic mass is 9.82. The monoisotopic (exact) mass is 489 g/mol. The lowest BCUT2D eigenvalue weighted by molar-refractivity contribution is -0.147. The zero-order valence-electron chi connectivity index (χ0n) is 19.3. The molecule has 1 amide bonds.